The number of fused-ring (bicyclic) bond motifs is 1. The molecule has 1 amide bonds. The predicted molar refractivity (Wildman–Crippen MR) is 102 cm³/mol. The third-order valence-corrected chi connectivity index (χ3v) is 7.40. The molecule has 134 valence electrons. The summed E-state index contributed by atoms with van der Waals surface area (Å²) < 4.78 is 32.9. The van der Waals surface area contributed by atoms with Crippen molar-refractivity contribution in [2.45, 2.75) is 4.21 Å². The number of hydrogen-bond acceptors (Lipinski definition) is 7. The van der Waals surface area contributed by atoms with Crippen LogP contribution in [0.2, 0.25) is 4.34 Å². The van der Waals surface area contributed by atoms with E-state index in [0.29, 0.717) is 21.5 Å². The van der Waals surface area contributed by atoms with Crippen LogP contribution in [-0.2, 0) is 14.8 Å². The van der Waals surface area contributed by atoms with Gasteiger partial charge >= 0.3 is 0 Å². The van der Waals surface area contributed by atoms with Gasteiger partial charge in [-0.25, -0.2) is 13.4 Å². The average molecular weight is 428 g/mol. The summed E-state index contributed by atoms with van der Waals surface area (Å²) in [6.07, 6.45) is 0. The van der Waals surface area contributed by atoms with Crippen molar-refractivity contribution < 1.29 is 17.9 Å². The number of carbonyl (C=O) groups excluding carboxylic acids is 1. The van der Waals surface area contributed by atoms with Gasteiger partial charge in [0, 0.05) is 10.9 Å². The van der Waals surface area contributed by atoms with Crippen LogP contribution in [0.15, 0.2) is 39.9 Å². The van der Waals surface area contributed by atoms with E-state index in [4.69, 9.17) is 16.3 Å². The summed E-state index contributed by atoms with van der Waals surface area (Å²) in [5, 5.41) is 4.70. The Morgan fingerprint density at radius 3 is 2.88 bits per heavy atom. The molecule has 2 aromatic heterocycles. The molecule has 0 saturated heterocycles. The molecule has 0 fully saturated rings. The number of aromatic nitrogens is 1. The van der Waals surface area contributed by atoms with E-state index in [2.05, 4.69) is 15.0 Å². The molecule has 11 heteroatoms. The zero-order valence-electron chi connectivity index (χ0n) is 12.9. The number of sulfonamides is 1. The first-order chi connectivity index (χ1) is 12.4. The Morgan fingerprint density at radius 1 is 1.27 bits per heavy atom. The highest BCUT2D eigenvalue weighted by molar-refractivity contribution is 7.94. The Bertz CT molecular complexity index is 1110. The zero-order chi connectivity index (χ0) is 18.3. The fraction of sp³-hybridized carbons (Fsp3) is 0.0667. The van der Waals surface area contributed by atoms with Crippen LogP contribution in [0.5, 0.6) is 5.75 Å². The van der Waals surface area contributed by atoms with Crippen LogP contribution < -0.4 is 14.8 Å². The van der Waals surface area contributed by atoms with Gasteiger partial charge in [-0.05, 0) is 30.3 Å². The van der Waals surface area contributed by atoms with Gasteiger partial charge in [-0.15, -0.1) is 22.7 Å². The molecular formula is C15H10ClN3O4S3. The monoisotopic (exact) mass is 427 g/mol. The Hall–Kier alpha value is -2.14. The Kier molecular flexibility index (Phi) is 4.35. The quantitative estimate of drug-likeness (QED) is 0.662. The molecule has 0 radical (unpaired) electrons. The average Bonchev–Trinajstić information content (AvgIpc) is 3.23. The number of anilines is 2. The summed E-state index contributed by atoms with van der Waals surface area (Å²) >= 11 is 7.93. The van der Waals surface area contributed by atoms with Crippen LogP contribution in [-0.4, -0.2) is 25.9 Å². The fourth-order valence-corrected chi connectivity index (χ4v) is 5.76. The molecule has 26 heavy (non-hydrogen) atoms. The molecular weight excluding hydrogens is 418 g/mol. The summed E-state index contributed by atoms with van der Waals surface area (Å²) in [4.78, 5) is 15.7. The lowest BCUT2D eigenvalue weighted by Gasteiger charge is -2.18. The fourth-order valence-electron chi connectivity index (χ4n) is 2.30. The molecule has 0 bridgehead atoms. The molecule has 1 aliphatic rings. The minimum Gasteiger partial charge on any atom is -0.482 e. The molecule has 0 saturated carbocycles. The molecule has 0 atom stereocenters. The van der Waals surface area contributed by atoms with Crippen molar-refractivity contribution in [3.05, 3.63) is 40.0 Å². The van der Waals surface area contributed by atoms with E-state index in [1.807, 2.05) is 0 Å². The molecule has 4 rings (SSSR count). The highest BCUT2D eigenvalue weighted by Crippen LogP contribution is 2.34. The molecule has 0 unspecified atom stereocenters. The first kappa shape index (κ1) is 17.3. The van der Waals surface area contributed by atoms with Crippen molar-refractivity contribution in [1.82, 2.24) is 4.98 Å². The number of thiophene rings is 1. The number of halogens is 1. The summed E-state index contributed by atoms with van der Waals surface area (Å²) in [6.45, 7) is -0.0122. The van der Waals surface area contributed by atoms with Gasteiger partial charge in [0.15, 0.2) is 11.7 Å². The number of thiazole rings is 1. The minimum absolute atomic E-state index is 0.0122. The SMILES string of the molecule is O=C1COc2ccc(-c3csc(NS(=O)(=O)c4ccc(Cl)s4)n3)cc2N1. The Balaban J connectivity index is 1.59. The van der Waals surface area contributed by atoms with Crippen LogP contribution in [0.1, 0.15) is 0 Å². The van der Waals surface area contributed by atoms with Gasteiger partial charge in [0.2, 0.25) is 0 Å². The van der Waals surface area contributed by atoms with E-state index in [1.165, 1.54) is 12.1 Å². The first-order valence-electron chi connectivity index (χ1n) is 7.21. The summed E-state index contributed by atoms with van der Waals surface area (Å²) in [5.41, 5.74) is 1.87. The van der Waals surface area contributed by atoms with Crippen molar-refractivity contribution in [3.63, 3.8) is 0 Å². The second-order valence-corrected chi connectivity index (χ2v) is 9.73. The van der Waals surface area contributed by atoms with Crippen LogP contribution in [0.4, 0.5) is 10.8 Å². The largest absolute Gasteiger partial charge is 0.482 e. The molecule has 2 N–H and O–H groups in total. The Labute approximate surface area is 161 Å². The normalized spacial score (nSPS) is 13.7. The summed E-state index contributed by atoms with van der Waals surface area (Å²) in [6, 6.07) is 8.23. The molecule has 7 nitrogen and oxygen atoms in total. The van der Waals surface area contributed by atoms with Crippen LogP contribution in [0.25, 0.3) is 11.3 Å². The maximum absolute atomic E-state index is 12.3. The number of amides is 1. The molecule has 3 heterocycles. The van der Waals surface area contributed by atoms with E-state index in [-0.39, 0.29) is 21.9 Å². The lowest BCUT2D eigenvalue weighted by Crippen LogP contribution is -2.25. The predicted octanol–water partition coefficient (Wildman–Crippen LogP) is 3.66. The number of carbonyl (C=O) groups is 1. The van der Waals surface area contributed by atoms with E-state index < -0.39 is 10.0 Å². The van der Waals surface area contributed by atoms with Crippen molar-refractivity contribution in [1.29, 1.82) is 0 Å². The van der Waals surface area contributed by atoms with Crippen LogP contribution in [0.3, 0.4) is 0 Å². The summed E-state index contributed by atoms with van der Waals surface area (Å²) in [7, 11) is -3.73. The van der Waals surface area contributed by atoms with Gasteiger partial charge in [-0.2, -0.15) is 0 Å². The lowest BCUT2D eigenvalue weighted by molar-refractivity contribution is -0.118. The molecule has 1 aromatic carbocycles. The number of benzene rings is 1. The van der Waals surface area contributed by atoms with Crippen molar-refractivity contribution in [2.75, 3.05) is 16.6 Å². The maximum atomic E-state index is 12.3. The highest BCUT2D eigenvalue weighted by Gasteiger charge is 2.20. The smallest absolute Gasteiger partial charge is 0.273 e. The molecule has 0 spiro atoms. The van der Waals surface area contributed by atoms with Crippen molar-refractivity contribution in [3.8, 4) is 17.0 Å². The minimum atomic E-state index is -3.73. The number of nitrogens with zero attached hydrogens (tertiary/aromatic N) is 1. The van der Waals surface area contributed by atoms with E-state index in [1.54, 1.807) is 23.6 Å². The molecule has 3 aromatic rings. The van der Waals surface area contributed by atoms with Crippen molar-refractivity contribution >= 4 is 61.0 Å². The second-order valence-electron chi connectivity index (χ2n) is 5.25. The van der Waals surface area contributed by atoms with E-state index in [0.717, 1.165) is 28.2 Å². The van der Waals surface area contributed by atoms with Gasteiger partial charge in [0.05, 0.1) is 15.7 Å². The second kappa shape index (κ2) is 6.54. The van der Waals surface area contributed by atoms with Crippen LogP contribution in [0, 0.1) is 0 Å². The maximum Gasteiger partial charge on any atom is 0.273 e. The lowest BCUT2D eigenvalue weighted by atomic mass is 10.1. The number of hydrogen-bond donors (Lipinski definition) is 2. The topological polar surface area (TPSA) is 97.4 Å². The van der Waals surface area contributed by atoms with Gasteiger partial charge < -0.3 is 10.1 Å². The highest BCUT2D eigenvalue weighted by atomic mass is 35.5. The third kappa shape index (κ3) is 3.40. The molecule has 1 aliphatic heterocycles. The zero-order valence-corrected chi connectivity index (χ0v) is 16.1. The van der Waals surface area contributed by atoms with E-state index >= 15 is 0 Å². The number of nitrogens with one attached hydrogen (secondary N) is 2. The Morgan fingerprint density at radius 2 is 2.12 bits per heavy atom. The van der Waals surface area contributed by atoms with Crippen LogP contribution >= 0.6 is 34.3 Å². The van der Waals surface area contributed by atoms with E-state index in [9.17, 15) is 13.2 Å². The molecule has 0 aliphatic carbocycles. The third-order valence-electron chi connectivity index (χ3n) is 3.45. The number of rotatable bonds is 4. The number of ether oxygens (including phenoxy) is 1. The van der Waals surface area contributed by atoms with Gasteiger partial charge in [0.25, 0.3) is 15.9 Å². The summed E-state index contributed by atoms with van der Waals surface area (Å²) in [5.74, 6) is 0.357. The van der Waals surface area contributed by atoms with Gasteiger partial charge in [-0.3, -0.25) is 9.52 Å². The van der Waals surface area contributed by atoms with Gasteiger partial charge in [0.1, 0.15) is 9.96 Å². The van der Waals surface area contributed by atoms with Gasteiger partial charge in [-0.1, -0.05) is 11.6 Å². The van der Waals surface area contributed by atoms with Crippen molar-refractivity contribution in [2.24, 2.45) is 0 Å². The first-order valence-corrected chi connectivity index (χ1v) is 10.8. The standard InChI is InChI=1S/C15H10ClN3O4S3/c16-12-3-4-14(25-12)26(21,22)19-15-18-10(7-24-15)8-1-2-11-9(5-8)17-13(20)6-23-11/h1-5,7H,6H2,(H,17,20)(H,18,19).